The molecule has 0 aliphatic carbocycles. The van der Waals surface area contributed by atoms with Crippen molar-refractivity contribution in [3.63, 3.8) is 0 Å². The minimum absolute atomic E-state index is 0.0306. The highest BCUT2D eigenvalue weighted by Gasteiger charge is 2.00. The van der Waals surface area contributed by atoms with Crippen molar-refractivity contribution in [2.75, 3.05) is 19.8 Å². The number of hydrogen-bond donors (Lipinski definition) is 1. The maximum atomic E-state index is 11.0. The molecule has 0 aromatic carbocycles. The van der Waals surface area contributed by atoms with Gasteiger partial charge in [-0.2, -0.15) is 0 Å². The lowest BCUT2D eigenvalue weighted by atomic mass is 10.2. The molecule has 0 heterocycles. The lowest BCUT2D eigenvalue weighted by molar-refractivity contribution is -0.156. The molecule has 0 atom stereocenters. The van der Waals surface area contributed by atoms with E-state index in [2.05, 4.69) is 37.2 Å². The average Bonchev–Trinajstić information content (AvgIpc) is 2.69. The Hall–Kier alpha value is -1.96. The maximum Gasteiger partial charge on any atom is 0.310 e. The summed E-state index contributed by atoms with van der Waals surface area (Å²) in [5, 5.41) is 8.07. The van der Waals surface area contributed by atoms with Gasteiger partial charge in [0.2, 0.25) is 0 Å². The van der Waals surface area contributed by atoms with Gasteiger partial charge < -0.3 is 19.3 Å². The summed E-state index contributed by atoms with van der Waals surface area (Å²) in [7, 11) is 0. The van der Waals surface area contributed by atoms with Crippen LogP contribution in [0.5, 0.6) is 0 Å². The minimum Gasteiger partial charge on any atom is -0.466 e. The van der Waals surface area contributed by atoms with Crippen LogP contribution in [0.1, 0.15) is 113 Å². The Morgan fingerprint density at radius 3 is 1.31 bits per heavy atom. The summed E-state index contributed by atoms with van der Waals surface area (Å²) in [4.78, 5) is 40.7. The van der Waals surface area contributed by atoms with Crippen molar-refractivity contribution >= 4 is 23.9 Å². The van der Waals surface area contributed by atoms with E-state index >= 15 is 0 Å². The zero-order valence-corrected chi connectivity index (χ0v) is 21.5. The zero-order valence-electron chi connectivity index (χ0n) is 21.5. The van der Waals surface area contributed by atoms with Crippen molar-refractivity contribution in [2.24, 2.45) is 0 Å². The molecule has 0 aliphatic rings. The van der Waals surface area contributed by atoms with E-state index in [9.17, 15) is 19.2 Å². The molecule has 0 saturated carbocycles. The standard InChI is InChI=1S/C10H20O2.C6H12O2.C4H6O3.C4H10O/c1-3-5-7-8-10(11)12-9-6-4-2;1-3-4-5-8-6(2)7;1-3(5)7-4(2)6;1-2-3-4-5/h3-9H2,1-2H3;3-5H2,1-2H3;1-2H3;5H,2-4H2,1H3. The Bertz CT molecular complexity index is 410. The Balaban J connectivity index is -0.000000172. The molecule has 0 saturated heterocycles. The SMILES string of the molecule is CC(=O)OC(C)=O.CCCCCC(=O)OCCCC.CCCCO.CCCCOC(C)=O. The molecule has 1 N–H and O–H groups in total. The zero-order chi connectivity index (χ0) is 25.6. The second-order valence-corrected chi connectivity index (χ2v) is 6.89. The molecule has 0 spiro atoms. The number of unbranched alkanes of at least 4 members (excludes halogenated alkanes) is 5. The van der Waals surface area contributed by atoms with Crippen molar-refractivity contribution in [1.29, 1.82) is 0 Å². The van der Waals surface area contributed by atoms with Crippen LogP contribution in [0.25, 0.3) is 0 Å². The monoisotopic (exact) mass is 464 g/mol. The van der Waals surface area contributed by atoms with Crippen LogP contribution >= 0.6 is 0 Å². The Morgan fingerprint density at radius 1 is 0.594 bits per heavy atom. The van der Waals surface area contributed by atoms with E-state index in [1.54, 1.807) is 0 Å². The summed E-state index contributed by atoms with van der Waals surface area (Å²) in [6, 6.07) is 0. The molecule has 0 amide bonds. The quantitative estimate of drug-likeness (QED) is 0.183. The largest absolute Gasteiger partial charge is 0.466 e. The highest BCUT2D eigenvalue weighted by atomic mass is 16.6. The van der Waals surface area contributed by atoms with Gasteiger partial charge in [0.05, 0.1) is 13.2 Å². The van der Waals surface area contributed by atoms with Crippen LogP contribution < -0.4 is 0 Å². The van der Waals surface area contributed by atoms with E-state index in [1.807, 2.05) is 0 Å². The summed E-state index contributed by atoms with van der Waals surface area (Å²) in [5.74, 6) is -1.34. The summed E-state index contributed by atoms with van der Waals surface area (Å²) in [6.45, 7) is 13.6. The molecule has 0 aliphatic heterocycles. The van der Waals surface area contributed by atoms with Crippen LogP contribution in [0.3, 0.4) is 0 Å². The third kappa shape index (κ3) is 56.6. The van der Waals surface area contributed by atoms with E-state index in [1.165, 1.54) is 20.8 Å². The molecule has 0 rings (SSSR count). The van der Waals surface area contributed by atoms with Crippen LogP contribution in [0, 0.1) is 0 Å². The van der Waals surface area contributed by atoms with E-state index in [4.69, 9.17) is 9.84 Å². The first-order valence-electron chi connectivity index (χ1n) is 11.7. The lowest BCUT2D eigenvalue weighted by Crippen LogP contribution is -2.05. The molecule has 8 heteroatoms. The third-order valence-electron chi connectivity index (χ3n) is 3.35. The molecule has 32 heavy (non-hydrogen) atoms. The first-order chi connectivity index (χ1) is 15.1. The van der Waals surface area contributed by atoms with Crippen molar-refractivity contribution in [2.45, 2.75) is 113 Å². The predicted molar refractivity (Wildman–Crippen MR) is 126 cm³/mol. The Labute approximate surface area is 195 Å². The number of esters is 4. The fourth-order valence-electron chi connectivity index (χ4n) is 1.64. The second-order valence-electron chi connectivity index (χ2n) is 6.89. The van der Waals surface area contributed by atoms with E-state index in [0.717, 1.165) is 57.8 Å². The Morgan fingerprint density at radius 2 is 1.03 bits per heavy atom. The van der Waals surface area contributed by atoms with Gasteiger partial charge in [-0.25, -0.2) is 0 Å². The molecule has 0 unspecified atom stereocenters. The molecular weight excluding hydrogens is 416 g/mol. The summed E-state index contributed by atoms with van der Waals surface area (Å²) >= 11 is 0. The number of ether oxygens (including phenoxy) is 3. The van der Waals surface area contributed by atoms with Gasteiger partial charge in [0.1, 0.15) is 0 Å². The molecule has 0 aromatic heterocycles. The normalized spacial score (nSPS) is 8.88. The average molecular weight is 465 g/mol. The van der Waals surface area contributed by atoms with E-state index < -0.39 is 11.9 Å². The summed E-state index contributed by atoms with van der Waals surface area (Å²) in [5.41, 5.74) is 0. The highest BCUT2D eigenvalue weighted by molar-refractivity contribution is 5.82. The predicted octanol–water partition coefficient (Wildman–Crippen LogP) is 5.13. The molecule has 0 aromatic rings. The first-order valence-corrected chi connectivity index (χ1v) is 11.7. The second kappa shape index (κ2) is 33.7. The summed E-state index contributed by atoms with van der Waals surface area (Å²) < 4.78 is 13.6. The fourth-order valence-corrected chi connectivity index (χ4v) is 1.64. The number of rotatable bonds is 12. The number of aliphatic hydroxyl groups is 1. The van der Waals surface area contributed by atoms with Crippen molar-refractivity contribution in [1.82, 2.24) is 0 Å². The fraction of sp³-hybridized carbons (Fsp3) is 0.833. The number of hydrogen-bond acceptors (Lipinski definition) is 8. The van der Waals surface area contributed by atoms with Gasteiger partial charge in [-0.05, 0) is 25.7 Å². The van der Waals surface area contributed by atoms with Gasteiger partial charge in [-0.3, -0.25) is 19.2 Å². The van der Waals surface area contributed by atoms with Crippen LogP contribution in [0.15, 0.2) is 0 Å². The molecule has 192 valence electrons. The highest BCUT2D eigenvalue weighted by Crippen LogP contribution is 2.01. The minimum atomic E-state index is -0.562. The van der Waals surface area contributed by atoms with Crippen LogP contribution in [0.4, 0.5) is 0 Å². The van der Waals surface area contributed by atoms with Gasteiger partial charge in [0.25, 0.3) is 0 Å². The Kier molecular flexibility index (Phi) is 39.3. The van der Waals surface area contributed by atoms with Gasteiger partial charge in [-0.1, -0.05) is 59.8 Å². The number of aliphatic hydroxyl groups excluding tert-OH is 1. The van der Waals surface area contributed by atoms with E-state index in [-0.39, 0.29) is 11.9 Å². The molecule has 0 bridgehead atoms. The van der Waals surface area contributed by atoms with Gasteiger partial charge >= 0.3 is 23.9 Å². The molecular formula is C24H48O8. The molecule has 8 nitrogen and oxygen atoms in total. The van der Waals surface area contributed by atoms with Crippen molar-refractivity contribution in [3.05, 3.63) is 0 Å². The number of carbonyl (C=O) groups is 4. The van der Waals surface area contributed by atoms with Crippen molar-refractivity contribution in [3.8, 4) is 0 Å². The molecule has 0 radical (unpaired) electrons. The molecule has 0 fully saturated rings. The maximum absolute atomic E-state index is 11.0. The lowest BCUT2D eigenvalue weighted by Gasteiger charge is -2.02. The van der Waals surface area contributed by atoms with Gasteiger partial charge in [0.15, 0.2) is 0 Å². The topological polar surface area (TPSA) is 116 Å². The van der Waals surface area contributed by atoms with Crippen LogP contribution in [0.2, 0.25) is 0 Å². The van der Waals surface area contributed by atoms with Gasteiger partial charge in [-0.15, -0.1) is 0 Å². The van der Waals surface area contributed by atoms with E-state index in [0.29, 0.717) is 26.2 Å². The number of carbonyl (C=O) groups excluding carboxylic acids is 4. The van der Waals surface area contributed by atoms with Crippen LogP contribution in [-0.2, 0) is 33.4 Å². The van der Waals surface area contributed by atoms with Gasteiger partial charge in [0, 0.05) is 33.8 Å². The third-order valence-corrected chi connectivity index (χ3v) is 3.35. The van der Waals surface area contributed by atoms with Crippen LogP contribution in [-0.4, -0.2) is 48.8 Å². The first kappa shape index (κ1) is 37.4. The van der Waals surface area contributed by atoms with Crippen molar-refractivity contribution < 1.29 is 38.5 Å². The summed E-state index contributed by atoms with van der Waals surface area (Å²) in [6.07, 6.45) is 10.0. The smallest absolute Gasteiger partial charge is 0.310 e.